The predicted octanol–water partition coefficient (Wildman–Crippen LogP) is 3.10. The van der Waals surface area contributed by atoms with Crippen LogP contribution in [-0.4, -0.2) is 24.0 Å². The Balaban J connectivity index is 2.09. The number of carbonyl (C=O) groups is 2. The lowest BCUT2D eigenvalue weighted by molar-refractivity contribution is -0.154. The second-order valence-electron chi connectivity index (χ2n) is 7.17. The second-order valence-corrected chi connectivity index (χ2v) is 7.17. The van der Waals surface area contributed by atoms with Crippen molar-refractivity contribution in [3.8, 4) is 0 Å². The van der Waals surface area contributed by atoms with E-state index < -0.39 is 11.4 Å². The van der Waals surface area contributed by atoms with Crippen LogP contribution in [-0.2, 0) is 19.7 Å². The van der Waals surface area contributed by atoms with Gasteiger partial charge in [-0.15, -0.1) is 0 Å². The molecule has 1 aromatic carbocycles. The molecule has 0 aliphatic heterocycles. The monoisotopic (exact) mass is 321 g/mol. The summed E-state index contributed by atoms with van der Waals surface area (Å²) < 4.78 is 18.8. The molecule has 4 nitrogen and oxygen atoms in total. The van der Waals surface area contributed by atoms with Crippen molar-refractivity contribution in [2.24, 2.45) is 0 Å². The van der Waals surface area contributed by atoms with Crippen LogP contribution in [0.2, 0.25) is 0 Å². The van der Waals surface area contributed by atoms with E-state index in [0.717, 1.165) is 12.8 Å². The Kier molecular flexibility index (Phi) is 5.07. The summed E-state index contributed by atoms with van der Waals surface area (Å²) in [6.45, 7) is 5.26. The maximum absolute atomic E-state index is 13.5. The third-order valence-electron chi connectivity index (χ3n) is 4.07. The van der Waals surface area contributed by atoms with Crippen molar-refractivity contribution in [3.63, 3.8) is 0 Å². The summed E-state index contributed by atoms with van der Waals surface area (Å²) in [6, 6.07) is 6.10. The quantitative estimate of drug-likeness (QED) is 0.867. The number of halogens is 1. The molecule has 1 saturated carbocycles. The van der Waals surface area contributed by atoms with E-state index in [4.69, 9.17) is 4.74 Å². The van der Waals surface area contributed by atoms with Crippen LogP contribution in [0, 0.1) is 5.82 Å². The summed E-state index contributed by atoms with van der Waals surface area (Å²) in [6.07, 6.45) is 3.02. The van der Waals surface area contributed by atoms with Crippen molar-refractivity contribution in [1.29, 1.82) is 0 Å². The zero-order chi connectivity index (χ0) is 17.1. The van der Waals surface area contributed by atoms with Gasteiger partial charge >= 0.3 is 5.97 Å². The van der Waals surface area contributed by atoms with Gasteiger partial charge in [0.25, 0.3) is 5.91 Å². The first-order valence-corrected chi connectivity index (χ1v) is 7.97. The largest absolute Gasteiger partial charge is 0.455 e. The van der Waals surface area contributed by atoms with Gasteiger partial charge in [0.2, 0.25) is 0 Å². The molecule has 0 bridgehead atoms. The van der Waals surface area contributed by atoms with Crippen LogP contribution < -0.4 is 5.32 Å². The number of nitrogens with one attached hydrogen (secondary N) is 1. The maximum atomic E-state index is 13.5. The van der Waals surface area contributed by atoms with Crippen LogP contribution in [0.1, 0.15) is 52.0 Å². The van der Waals surface area contributed by atoms with E-state index in [1.54, 1.807) is 12.1 Å². The first-order chi connectivity index (χ1) is 10.7. The van der Waals surface area contributed by atoms with Crippen molar-refractivity contribution in [1.82, 2.24) is 5.32 Å². The van der Waals surface area contributed by atoms with E-state index in [1.807, 2.05) is 20.8 Å². The number of hydrogen-bond donors (Lipinski definition) is 1. The molecule has 0 radical (unpaired) electrons. The molecule has 0 spiro atoms. The lowest BCUT2D eigenvalue weighted by atomic mass is 9.79. The van der Waals surface area contributed by atoms with Crippen molar-refractivity contribution < 1.29 is 18.7 Å². The van der Waals surface area contributed by atoms with Crippen LogP contribution in [0.3, 0.4) is 0 Å². The van der Waals surface area contributed by atoms with Gasteiger partial charge in [0.1, 0.15) is 5.82 Å². The predicted molar refractivity (Wildman–Crippen MR) is 85.4 cm³/mol. The Bertz CT molecular complexity index is 586. The molecule has 0 aromatic heterocycles. The van der Waals surface area contributed by atoms with Crippen LogP contribution in [0.5, 0.6) is 0 Å². The summed E-state index contributed by atoms with van der Waals surface area (Å²) in [4.78, 5) is 24.4. The molecule has 0 atom stereocenters. The molecule has 1 N–H and O–H groups in total. The highest BCUT2D eigenvalue weighted by molar-refractivity contribution is 5.86. The van der Waals surface area contributed by atoms with E-state index in [-0.39, 0.29) is 23.9 Å². The molecular formula is C18H24FNO3. The Morgan fingerprint density at radius 2 is 1.91 bits per heavy atom. The van der Waals surface area contributed by atoms with Gasteiger partial charge in [-0.1, -0.05) is 25.0 Å². The van der Waals surface area contributed by atoms with E-state index in [1.165, 1.54) is 12.1 Å². The average molecular weight is 321 g/mol. The molecule has 2 rings (SSSR count). The van der Waals surface area contributed by atoms with Gasteiger partial charge in [-0.3, -0.25) is 9.59 Å². The number of ether oxygens (including phenoxy) is 1. The summed E-state index contributed by atoms with van der Waals surface area (Å²) in [7, 11) is 0. The second kappa shape index (κ2) is 6.69. The highest BCUT2D eigenvalue weighted by atomic mass is 19.1. The fourth-order valence-corrected chi connectivity index (χ4v) is 3.10. The standard InChI is InChI=1S/C18H24FNO3/c1-17(2,3)20-15(21)12-23-16(22)18(9-4-5-10-18)13-7-6-8-14(19)11-13/h6-8,11H,4-5,9-10,12H2,1-3H3,(H,20,21). The van der Waals surface area contributed by atoms with E-state index >= 15 is 0 Å². The summed E-state index contributed by atoms with van der Waals surface area (Å²) in [5, 5.41) is 2.75. The summed E-state index contributed by atoms with van der Waals surface area (Å²) >= 11 is 0. The Morgan fingerprint density at radius 3 is 2.48 bits per heavy atom. The van der Waals surface area contributed by atoms with Gasteiger partial charge in [0.15, 0.2) is 6.61 Å². The van der Waals surface area contributed by atoms with Crippen LogP contribution >= 0.6 is 0 Å². The van der Waals surface area contributed by atoms with Crippen LogP contribution in [0.4, 0.5) is 4.39 Å². The number of esters is 1. The number of rotatable bonds is 4. The number of hydrogen-bond acceptors (Lipinski definition) is 3. The number of carbonyl (C=O) groups excluding carboxylic acids is 2. The van der Waals surface area contributed by atoms with Gasteiger partial charge in [-0.05, 0) is 51.3 Å². The molecule has 23 heavy (non-hydrogen) atoms. The molecule has 5 heteroatoms. The molecule has 1 fully saturated rings. The average Bonchev–Trinajstić information content (AvgIpc) is 2.93. The minimum Gasteiger partial charge on any atom is -0.455 e. The summed E-state index contributed by atoms with van der Waals surface area (Å²) in [5.41, 5.74) is -0.572. The molecule has 126 valence electrons. The third kappa shape index (κ3) is 4.30. The zero-order valence-corrected chi connectivity index (χ0v) is 13.9. The highest BCUT2D eigenvalue weighted by Gasteiger charge is 2.44. The SMILES string of the molecule is CC(C)(C)NC(=O)COC(=O)C1(c2cccc(F)c2)CCCC1. The molecule has 1 aromatic rings. The van der Waals surface area contributed by atoms with Gasteiger partial charge in [0, 0.05) is 5.54 Å². The van der Waals surface area contributed by atoms with Crippen LogP contribution in [0.25, 0.3) is 0 Å². The van der Waals surface area contributed by atoms with Gasteiger partial charge in [-0.25, -0.2) is 4.39 Å². The van der Waals surface area contributed by atoms with Gasteiger partial charge < -0.3 is 10.1 Å². The lowest BCUT2D eigenvalue weighted by Crippen LogP contribution is -2.44. The molecule has 1 aliphatic carbocycles. The Morgan fingerprint density at radius 1 is 1.26 bits per heavy atom. The lowest BCUT2D eigenvalue weighted by Gasteiger charge is -2.27. The number of benzene rings is 1. The fourth-order valence-electron chi connectivity index (χ4n) is 3.10. The smallest absolute Gasteiger partial charge is 0.317 e. The molecule has 0 unspecified atom stereocenters. The van der Waals surface area contributed by atoms with Crippen molar-refractivity contribution in [3.05, 3.63) is 35.6 Å². The molecule has 1 aliphatic rings. The van der Waals surface area contributed by atoms with Crippen LogP contribution in [0.15, 0.2) is 24.3 Å². The Hall–Kier alpha value is -1.91. The Labute approximate surface area is 136 Å². The maximum Gasteiger partial charge on any atom is 0.317 e. The minimum absolute atomic E-state index is 0.312. The molecule has 0 saturated heterocycles. The van der Waals surface area contributed by atoms with Gasteiger partial charge in [0.05, 0.1) is 5.41 Å². The van der Waals surface area contributed by atoms with E-state index in [0.29, 0.717) is 18.4 Å². The first kappa shape index (κ1) is 17.4. The van der Waals surface area contributed by atoms with Crippen molar-refractivity contribution in [2.45, 2.75) is 57.4 Å². The number of amides is 1. The van der Waals surface area contributed by atoms with E-state index in [9.17, 15) is 14.0 Å². The van der Waals surface area contributed by atoms with Crippen molar-refractivity contribution >= 4 is 11.9 Å². The third-order valence-corrected chi connectivity index (χ3v) is 4.07. The molecular weight excluding hydrogens is 297 g/mol. The van der Waals surface area contributed by atoms with E-state index in [2.05, 4.69) is 5.32 Å². The van der Waals surface area contributed by atoms with Crippen molar-refractivity contribution in [2.75, 3.05) is 6.61 Å². The minimum atomic E-state index is -0.829. The zero-order valence-electron chi connectivity index (χ0n) is 13.9. The highest BCUT2D eigenvalue weighted by Crippen LogP contribution is 2.42. The van der Waals surface area contributed by atoms with Gasteiger partial charge in [-0.2, -0.15) is 0 Å². The molecule has 1 amide bonds. The normalized spacial score (nSPS) is 16.9. The molecule has 0 heterocycles. The summed E-state index contributed by atoms with van der Waals surface area (Å²) in [5.74, 6) is -1.14. The first-order valence-electron chi connectivity index (χ1n) is 7.97. The topological polar surface area (TPSA) is 55.4 Å². The fraction of sp³-hybridized carbons (Fsp3) is 0.556.